The minimum Gasteiger partial charge on any atom is -0.347 e. The molecule has 0 fully saturated rings. The molecule has 0 saturated heterocycles. The Bertz CT molecular complexity index is 801. The second-order valence-electron chi connectivity index (χ2n) is 5.22. The van der Waals surface area contributed by atoms with Crippen LogP contribution in [-0.4, -0.2) is 9.97 Å². The molecule has 0 saturated carbocycles. The van der Waals surface area contributed by atoms with Crippen LogP contribution in [0, 0.1) is 6.92 Å². The highest BCUT2D eigenvalue weighted by Gasteiger charge is 2.23. The molecule has 3 heterocycles. The number of aryl methyl sites for hydroxylation is 1. The fourth-order valence-corrected chi connectivity index (χ4v) is 3.69. The lowest BCUT2D eigenvalue weighted by Crippen LogP contribution is -2.18. The van der Waals surface area contributed by atoms with Crippen molar-refractivity contribution in [1.29, 1.82) is 0 Å². The largest absolute Gasteiger partial charge is 0.347 e. The highest BCUT2D eigenvalue weighted by atomic mass is 32.1. The van der Waals surface area contributed by atoms with Crippen molar-refractivity contribution in [3.63, 3.8) is 0 Å². The van der Waals surface area contributed by atoms with Gasteiger partial charge in [0.05, 0.1) is 5.39 Å². The van der Waals surface area contributed by atoms with E-state index in [2.05, 4.69) is 57.5 Å². The zero-order chi connectivity index (χ0) is 14.4. The number of nitrogen functional groups attached to an aromatic ring is 1. The van der Waals surface area contributed by atoms with Gasteiger partial charge in [-0.2, -0.15) is 4.98 Å². The van der Waals surface area contributed by atoms with Crippen LogP contribution >= 0.6 is 11.3 Å². The number of benzene rings is 1. The molecule has 106 valence electrons. The molecular weight excluding hydrogens is 282 g/mol. The molecule has 3 aromatic rings. The van der Waals surface area contributed by atoms with Crippen molar-refractivity contribution < 1.29 is 0 Å². The molecule has 4 rings (SSSR count). The Hall–Kier alpha value is -2.18. The molecule has 2 aromatic heterocycles. The lowest BCUT2D eigenvalue weighted by atomic mass is 10.1. The third kappa shape index (κ3) is 2.03. The van der Waals surface area contributed by atoms with Crippen LogP contribution in [0.5, 0.6) is 0 Å². The molecular formula is C15H15N5S. The molecule has 3 N–H and O–H groups in total. The van der Waals surface area contributed by atoms with E-state index in [0.29, 0.717) is 5.95 Å². The van der Waals surface area contributed by atoms with Gasteiger partial charge in [0.15, 0.2) is 0 Å². The Morgan fingerprint density at radius 3 is 2.57 bits per heavy atom. The fourth-order valence-electron chi connectivity index (χ4n) is 2.82. The van der Waals surface area contributed by atoms with E-state index >= 15 is 0 Å². The molecule has 5 nitrogen and oxygen atoms in total. The van der Waals surface area contributed by atoms with E-state index in [0.717, 1.165) is 29.1 Å². The van der Waals surface area contributed by atoms with Gasteiger partial charge < -0.3 is 4.90 Å². The Balaban J connectivity index is 1.83. The predicted octanol–water partition coefficient (Wildman–Crippen LogP) is 2.81. The summed E-state index contributed by atoms with van der Waals surface area (Å²) in [5, 5.41) is 1.10. The minimum absolute atomic E-state index is 0.468. The lowest BCUT2D eigenvalue weighted by Gasteiger charge is -2.18. The standard InChI is InChI=1S/C15H15N5S/c1-9-6-12-13(17-15(19-16)18-14(12)21-9)20-7-10-4-2-3-5-11(10)8-20/h2-6H,7-8,16H2,1H3,(H,17,18,19). The van der Waals surface area contributed by atoms with Crippen molar-refractivity contribution in [2.45, 2.75) is 20.0 Å². The molecule has 0 unspecified atom stereocenters. The Morgan fingerprint density at radius 1 is 1.19 bits per heavy atom. The van der Waals surface area contributed by atoms with Gasteiger partial charge in [0.25, 0.3) is 0 Å². The van der Waals surface area contributed by atoms with Gasteiger partial charge in [0, 0.05) is 18.0 Å². The summed E-state index contributed by atoms with van der Waals surface area (Å²) >= 11 is 1.67. The van der Waals surface area contributed by atoms with E-state index in [1.54, 1.807) is 11.3 Å². The monoisotopic (exact) mass is 297 g/mol. The SMILES string of the molecule is Cc1cc2c(N3Cc4ccccc4C3)nc(NN)nc2s1. The van der Waals surface area contributed by atoms with Crippen LogP contribution in [0.1, 0.15) is 16.0 Å². The van der Waals surface area contributed by atoms with E-state index in [1.165, 1.54) is 16.0 Å². The summed E-state index contributed by atoms with van der Waals surface area (Å²) in [5.41, 5.74) is 5.29. The zero-order valence-electron chi connectivity index (χ0n) is 11.6. The van der Waals surface area contributed by atoms with Gasteiger partial charge in [-0.15, -0.1) is 11.3 Å². The van der Waals surface area contributed by atoms with Crippen LogP contribution < -0.4 is 16.2 Å². The maximum Gasteiger partial charge on any atom is 0.240 e. The third-order valence-corrected chi connectivity index (χ3v) is 4.71. The van der Waals surface area contributed by atoms with Crippen molar-refractivity contribution in [3.8, 4) is 0 Å². The van der Waals surface area contributed by atoms with Crippen molar-refractivity contribution >= 4 is 33.3 Å². The summed E-state index contributed by atoms with van der Waals surface area (Å²) in [6.45, 7) is 3.84. The number of hydrazine groups is 1. The summed E-state index contributed by atoms with van der Waals surface area (Å²) in [7, 11) is 0. The number of nitrogens with one attached hydrogen (secondary N) is 1. The molecule has 0 amide bonds. The molecule has 1 aromatic carbocycles. The van der Waals surface area contributed by atoms with E-state index in [4.69, 9.17) is 5.84 Å². The highest BCUT2D eigenvalue weighted by Crippen LogP contribution is 2.35. The topological polar surface area (TPSA) is 67.1 Å². The molecule has 0 spiro atoms. The first kappa shape index (κ1) is 12.6. The predicted molar refractivity (Wildman–Crippen MR) is 86.3 cm³/mol. The summed E-state index contributed by atoms with van der Waals surface area (Å²) in [5.74, 6) is 6.93. The molecule has 21 heavy (non-hydrogen) atoms. The number of rotatable bonds is 2. The third-order valence-electron chi connectivity index (χ3n) is 3.77. The minimum atomic E-state index is 0.468. The van der Waals surface area contributed by atoms with E-state index in [-0.39, 0.29) is 0 Å². The Kier molecular flexibility index (Phi) is 2.80. The maximum atomic E-state index is 5.51. The van der Waals surface area contributed by atoms with Crippen molar-refractivity contribution in [3.05, 3.63) is 46.3 Å². The number of hydrogen-bond acceptors (Lipinski definition) is 6. The number of nitrogens with two attached hydrogens (primary N) is 1. The number of thiophene rings is 1. The Labute approximate surface area is 126 Å². The summed E-state index contributed by atoms with van der Waals surface area (Å²) in [6.07, 6.45) is 0. The fraction of sp³-hybridized carbons (Fsp3) is 0.200. The summed E-state index contributed by atoms with van der Waals surface area (Å²) in [4.78, 5) is 13.5. The van der Waals surface area contributed by atoms with Gasteiger partial charge in [0.2, 0.25) is 5.95 Å². The molecule has 0 aliphatic carbocycles. The van der Waals surface area contributed by atoms with Gasteiger partial charge in [0.1, 0.15) is 10.6 Å². The first-order valence-corrected chi connectivity index (χ1v) is 7.63. The first-order valence-electron chi connectivity index (χ1n) is 6.81. The van der Waals surface area contributed by atoms with Crippen molar-refractivity contribution in [2.75, 3.05) is 10.3 Å². The second kappa shape index (κ2) is 4.68. The summed E-state index contributed by atoms with van der Waals surface area (Å²) in [6, 6.07) is 10.7. The number of anilines is 2. The van der Waals surface area contributed by atoms with Gasteiger partial charge in [-0.05, 0) is 24.1 Å². The zero-order valence-corrected chi connectivity index (χ0v) is 12.4. The summed E-state index contributed by atoms with van der Waals surface area (Å²) < 4.78 is 0. The number of fused-ring (bicyclic) bond motifs is 2. The normalized spacial score (nSPS) is 13.7. The molecule has 6 heteroatoms. The van der Waals surface area contributed by atoms with Crippen LogP contribution in [0.25, 0.3) is 10.2 Å². The van der Waals surface area contributed by atoms with Crippen LogP contribution in [0.2, 0.25) is 0 Å². The van der Waals surface area contributed by atoms with Crippen molar-refractivity contribution in [2.24, 2.45) is 5.84 Å². The quantitative estimate of drug-likeness (QED) is 0.562. The smallest absolute Gasteiger partial charge is 0.240 e. The van der Waals surface area contributed by atoms with E-state index < -0.39 is 0 Å². The van der Waals surface area contributed by atoms with E-state index in [9.17, 15) is 0 Å². The van der Waals surface area contributed by atoms with E-state index in [1.807, 2.05) is 0 Å². The molecule has 0 bridgehead atoms. The first-order chi connectivity index (χ1) is 10.2. The van der Waals surface area contributed by atoms with Crippen LogP contribution in [-0.2, 0) is 13.1 Å². The molecule has 1 aliphatic heterocycles. The number of nitrogens with zero attached hydrogens (tertiary/aromatic N) is 3. The van der Waals surface area contributed by atoms with Crippen molar-refractivity contribution in [1.82, 2.24) is 9.97 Å². The van der Waals surface area contributed by atoms with Crippen LogP contribution in [0.4, 0.5) is 11.8 Å². The van der Waals surface area contributed by atoms with Gasteiger partial charge in [-0.25, -0.2) is 10.8 Å². The number of aromatic nitrogens is 2. The average molecular weight is 297 g/mol. The lowest BCUT2D eigenvalue weighted by molar-refractivity contribution is 0.860. The Morgan fingerprint density at radius 2 is 1.90 bits per heavy atom. The number of hydrogen-bond donors (Lipinski definition) is 2. The molecule has 0 radical (unpaired) electrons. The molecule has 1 aliphatic rings. The maximum absolute atomic E-state index is 5.51. The van der Waals surface area contributed by atoms with Gasteiger partial charge in [-0.3, -0.25) is 5.43 Å². The molecule has 0 atom stereocenters. The van der Waals surface area contributed by atoms with Gasteiger partial charge >= 0.3 is 0 Å². The van der Waals surface area contributed by atoms with Crippen LogP contribution in [0.3, 0.4) is 0 Å². The second-order valence-corrected chi connectivity index (χ2v) is 6.45. The average Bonchev–Trinajstić information content (AvgIpc) is 3.07. The highest BCUT2D eigenvalue weighted by molar-refractivity contribution is 7.18. The van der Waals surface area contributed by atoms with Gasteiger partial charge in [-0.1, -0.05) is 24.3 Å². The van der Waals surface area contributed by atoms with Crippen LogP contribution in [0.15, 0.2) is 30.3 Å².